The lowest BCUT2D eigenvalue weighted by Gasteiger charge is -2.27. The zero-order valence-corrected chi connectivity index (χ0v) is 18.2. The van der Waals surface area contributed by atoms with Gasteiger partial charge in [0.2, 0.25) is 11.8 Å². The van der Waals surface area contributed by atoms with Gasteiger partial charge < -0.3 is 14.5 Å². The van der Waals surface area contributed by atoms with Crippen LogP contribution in [0.5, 0.6) is 0 Å². The SMILES string of the molecule is Cc1ccc(CN2C[C@]34C=C[C@H](O3)[C@H](C(=O)N(C)CCc3cn[nH]c3)[C@H]4C2=O)cc1C. The van der Waals surface area contributed by atoms with Crippen LogP contribution in [0.2, 0.25) is 0 Å². The molecule has 4 heterocycles. The van der Waals surface area contributed by atoms with Gasteiger partial charge in [0.25, 0.3) is 0 Å². The van der Waals surface area contributed by atoms with Gasteiger partial charge in [-0.2, -0.15) is 5.10 Å². The van der Waals surface area contributed by atoms with E-state index in [0.29, 0.717) is 19.6 Å². The van der Waals surface area contributed by atoms with Crippen LogP contribution in [-0.2, 0) is 27.3 Å². The number of likely N-dealkylation sites (N-methyl/N-ethyl adjacent to an activating group) is 1. The molecule has 1 aromatic carbocycles. The van der Waals surface area contributed by atoms with Crippen molar-refractivity contribution in [2.24, 2.45) is 11.8 Å². The predicted octanol–water partition coefficient (Wildman–Crippen LogP) is 2.01. The minimum absolute atomic E-state index is 0.0201. The van der Waals surface area contributed by atoms with Crippen LogP contribution in [0.4, 0.5) is 0 Å². The number of likely N-dealkylation sites (tertiary alicyclic amines) is 1. The molecule has 3 aliphatic heterocycles. The Hall–Kier alpha value is -2.93. The summed E-state index contributed by atoms with van der Waals surface area (Å²) in [5.74, 6) is -0.910. The van der Waals surface area contributed by atoms with E-state index in [1.165, 1.54) is 11.1 Å². The third kappa shape index (κ3) is 3.28. The third-order valence-electron chi connectivity index (χ3n) is 7.08. The molecule has 1 spiro atoms. The van der Waals surface area contributed by atoms with Gasteiger partial charge in [0.15, 0.2) is 0 Å². The normalized spacial score (nSPS) is 28.4. The van der Waals surface area contributed by atoms with E-state index in [1.54, 1.807) is 18.1 Å². The lowest BCUT2D eigenvalue weighted by atomic mass is 9.76. The maximum absolute atomic E-state index is 13.4. The van der Waals surface area contributed by atoms with Gasteiger partial charge in [-0.25, -0.2) is 0 Å². The third-order valence-corrected chi connectivity index (χ3v) is 7.08. The first-order chi connectivity index (χ1) is 14.9. The summed E-state index contributed by atoms with van der Waals surface area (Å²) in [5, 5.41) is 6.74. The quantitative estimate of drug-likeness (QED) is 0.725. The van der Waals surface area contributed by atoms with Gasteiger partial charge >= 0.3 is 0 Å². The second-order valence-electron chi connectivity index (χ2n) is 9.13. The fourth-order valence-electron chi connectivity index (χ4n) is 5.19. The number of hydrogen-bond donors (Lipinski definition) is 1. The van der Waals surface area contributed by atoms with Crippen molar-refractivity contribution in [3.05, 3.63) is 65.0 Å². The number of fused-ring (bicyclic) bond motifs is 1. The van der Waals surface area contributed by atoms with Gasteiger partial charge in [-0.1, -0.05) is 30.4 Å². The van der Waals surface area contributed by atoms with Crippen LogP contribution >= 0.6 is 0 Å². The fourth-order valence-corrected chi connectivity index (χ4v) is 5.19. The Kier molecular flexibility index (Phi) is 4.73. The molecule has 5 rings (SSSR count). The molecule has 7 nitrogen and oxygen atoms in total. The number of ether oxygens (including phenoxy) is 1. The first-order valence-electron chi connectivity index (χ1n) is 10.8. The topological polar surface area (TPSA) is 78.5 Å². The second kappa shape index (κ2) is 7.34. The molecular formula is C24H28N4O3. The minimum atomic E-state index is -0.673. The van der Waals surface area contributed by atoms with Crippen molar-refractivity contribution in [1.29, 1.82) is 0 Å². The molecular weight excluding hydrogens is 392 g/mol. The summed E-state index contributed by atoms with van der Waals surface area (Å²) in [5.41, 5.74) is 3.93. The van der Waals surface area contributed by atoms with Gasteiger partial charge in [-0.15, -0.1) is 0 Å². The van der Waals surface area contributed by atoms with Crippen molar-refractivity contribution in [2.45, 2.75) is 38.5 Å². The number of H-pyrrole nitrogens is 1. The number of rotatable bonds is 6. The average molecular weight is 421 g/mol. The van der Waals surface area contributed by atoms with Crippen molar-refractivity contribution in [1.82, 2.24) is 20.0 Å². The predicted molar refractivity (Wildman–Crippen MR) is 115 cm³/mol. The highest BCUT2D eigenvalue weighted by molar-refractivity contribution is 5.93. The maximum atomic E-state index is 13.4. The zero-order chi connectivity index (χ0) is 21.8. The Bertz CT molecular complexity index is 1050. The molecule has 0 aliphatic carbocycles. The van der Waals surface area contributed by atoms with Crippen molar-refractivity contribution in [2.75, 3.05) is 20.1 Å². The van der Waals surface area contributed by atoms with Crippen LogP contribution in [0, 0.1) is 25.7 Å². The molecule has 1 N–H and O–H groups in total. The summed E-state index contributed by atoms with van der Waals surface area (Å²) in [6.07, 6.45) is 7.98. The highest BCUT2D eigenvalue weighted by atomic mass is 16.5. The number of amides is 2. The molecule has 0 radical (unpaired) electrons. The standard InChI is InChI=1S/C24H28N4O3/c1-15-4-5-17(10-16(15)2)13-28-14-24-8-6-19(31-24)20(21(24)23(28)30)22(29)27(3)9-7-18-11-25-26-12-18/h4-6,8,10-12,19-21H,7,9,13-14H2,1-3H3,(H,25,26)/t19-,20-,21-,24-/m0/s1. The van der Waals surface area contributed by atoms with Crippen molar-refractivity contribution < 1.29 is 14.3 Å². The number of aromatic nitrogens is 2. The average Bonchev–Trinajstić information content (AvgIpc) is 3.51. The second-order valence-corrected chi connectivity index (χ2v) is 9.13. The zero-order valence-electron chi connectivity index (χ0n) is 18.2. The summed E-state index contributed by atoms with van der Waals surface area (Å²) in [6.45, 7) is 5.78. The van der Waals surface area contributed by atoms with E-state index in [1.807, 2.05) is 23.2 Å². The van der Waals surface area contributed by atoms with E-state index in [9.17, 15) is 9.59 Å². The Morgan fingerprint density at radius 1 is 1.32 bits per heavy atom. The lowest BCUT2D eigenvalue weighted by molar-refractivity contribution is -0.142. The largest absolute Gasteiger partial charge is 0.360 e. The highest BCUT2D eigenvalue weighted by Crippen LogP contribution is 2.52. The minimum Gasteiger partial charge on any atom is -0.360 e. The van der Waals surface area contributed by atoms with Gasteiger partial charge in [0, 0.05) is 26.3 Å². The number of benzene rings is 1. The van der Waals surface area contributed by atoms with Crippen LogP contribution < -0.4 is 0 Å². The smallest absolute Gasteiger partial charge is 0.230 e. The first kappa shape index (κ1) is 20.0. The number of carbonyl (C=O) groups excluding carboxylic acids is 2. The number of aryl methyl sites for hydroxylation is 2. The van der Waals surface area contributed by atoms with Crippen LogP contribution in [0.25, 0.3) is 0 Å². The number of aromatic amines is 1. The van der Waals surface area contributed by atoms with E-state index in [4.69, 9.17) is 4.74 Å². The Morgan fingerprint density at radius 3 is 2.90 bits per heavy atom. The fraction of sp³-hybridized carbons (Fsp3) is 0.458. The van der Waals surface area contributed by atoms with Crippen LogP contribution in [0.15, 0.2) is 42.7 Å². The number of nitrogens with one attached hydrogen (secondary N) is 1. The molecule has 7 heteroatoms. The highest BCUT2D eigenvalue weighted by Gasteiger charge is 2.67. The van der Waals surface area contributed by atoms with Crippen LogP contribution in [0.1, 0.15) is 22.3 Å². The molecule has 2 fully saturated rings. The monoisotopic (exact) mass is 420 g/mol. The Morgan fingerprint density at radius 2 is 2.16 bits per heavy atom. The first-order valence-corrected chi connectivity index (χ1v) is 10.8. The van der Waals surface area contributed by atoms with Gasteiger partial charge in [-0.05, 0) is 42.5 Å². The summed E-state index contributed by atoms with van der Waals surface area (Å²) < 4.78 is 6.26. The Labute approximate surface area is 182 Å². The van der Waals surface area contributed by atoms with Crippen molar-refractivity contribution in [3.8, 4) is 0 Å². The molecule has 2 saturated heterocycles. The Balaban J connectivity index is 1.32. The summed E-state index contributed by atoms with van der Waals surface area (Å²) in [6, 6.07) is 6.30. The van der Waals surface area contributed by atoms with E-state index in [2.05, 4.69) is 42.2 Å². The maximum Gasteiger partial charge on any atom is 0.230 e. The van der Waals surface area contributed by atoms with E-state index < -0.39 is 17.4 Å². The van der Waals surface area contributed by atoms with E-state index in [-0.39, 0.29) is 17.9 Å². The lowest BCUT2D eigenvalue weighted by Crippen LogP contribution is -2.45. The van der Waals surface area contributed by atoms with Gasteiger partial charge in [0.1, 0.15) is 5.60 Å². The molecule has 162 valence electrons. The molecule has 3 aliphatic rings. The van der Waals surface area contributed by atoms with Gasteiger partial charge in [-0.3, -0.25) is 14.7 Å². The number of carbonyl (C=O) groups is 2. The summed E-state index contributed by atoms with van der Waals surface area (Å²) >= 11 is 0. The summed E-state index contributed by atoms with van der Waals surface area (Å²) in [4.78, 5) is 30.4. The van der Waals surface area contributed by atoms with E-state index in [0.717, 1.165) is 17.5 Å². The van der Waals surface area contributed by atoms with Crippen LogP contribution in [-0.4, -0.2) is 63.7 Å². The molecule has 1 aromatic heterocycles. The molecule has 31 heavy (non-hydrogen) atoms. The molecule has 2 bridgehead atoms. The molecule has 0 unspecified atom stereocenters. The molecule has 4 atom stereocenters. The molecule has 2 amide bonds. The summed E-state index contributed by atoms with van der Waals surface area (Å²) in [7, 11) is 1.80. The van der Waals surface area contributed by atoms with Gasteiger partial charge in [0.05, 0.1) is 30.7 Å². The van der Waals surface area contributed by atoms with E-state index >= 15 is 0 Å². The number of hydrogen-bond acceptors (Lipinski definition) is 4. The van der Waals surface area contributed by atoms with Crippen LogP contribution in [0.3, 0.4) is 0 Å². The number of nitrogens with zero attached hydrogens (tertiary/aromatic N) is 3. The van der Waals surface area contributed by atoms with Crippen molar-refractivity contribution >= 4 is 11.8 Å². The van der Waals surface area contributed by atoms with Crippen molar-refractivity contribution in [3.63, 3.8) is 0 Å². The molecule has 0 saturated carbocycles. The molecule has 2 aromatic rings.